The van der Waals surface area contributed by atoms with E-state index in [1.165, 1.54) is 4.88 Å². The van der Waals surface area contributed by atoms with Crippen LogP contribution >= 0.6 is 11.3 Å². The average Bonchev–Trinajstić information content (AvgIpc) is 3.20. The molecule has 1 aliphatic heterocycles. The van der Waals surface area contributed by atoms with Gasteiger partial charge in [-0.2, -0.15) is 0 Å². The summed E-state index contributed by atoms with van der Waals surface area (Å²) in [6.45, 7) is 6.82. The molecule has 1 aliphatic rings. The number of thiophene rings is 1. The van der Waals surface area contributed by atoms with Gasteiger partial charge in [-0.05, 0) is 31.5 Å². The summed E-state index contributed by atoms with van der Waals surface area (Å²) in [5.41, 5.74) is 0.574. The molecule has 158 valence electrons. The Hall–Kier alpha value is -2.87. The lowest BCUT2D eigenvalue weighted by Gasteiger charge is -2.35. The topological polar surface area (TPSA) is 67.8 Å². The second kappa shape index (κ2) is 8.47. The normalized spacial score (nSPS) is 14.3. The van der Waals surface area contributed by atoms with Crippen LogP contribution in [0.25, 0.3) is 10.2 Å². The Bertz CT molecular complexity index is 1050. The van der Waals surface area contributed by atoms with Crippen LogP contribution in [0.5, 0.6) is 11.5 Å². The van der Waals surface area contributed by atoms with E-state index in [-0.39, 0.29) is 5.91 Å². The van der Waals surface area contributed by atoms with E-state index >= 15 is 0 Å². The van der Waals surface area contributed by atoms with Crippen molar-refractivity contribution >= 4 is 33.3 Å². The Kier molecular flexibility index (Phi) is 5.76. The van der Waals surface area contributed by atoms with E-state index in [0.717, 1.165) is 41.4 Å². The SMILES string of the molecule is CCc1cc2c(N3CCN(C(=O)c4cc(OC)cc(OC)c4)CC3)nc(C)nc2s1. The standard InChI is InChI=1S/C22H26N4O3S/c1-5-18-13-19-20(23-14(2)24-21(19)30-18)25-6-8-26(9-7-25)22(27)15-10-16(28-3)12-17(11-15)29-4/h10-13H,5-9H2,1-4H3. The summed E-state index contributed by atoms with van der Waals surface area (Å²) in [5.74, 6) is 2.96. The van der Waals surface area contributed by atoms with Crippen LogP contribution in [-0.2, 0) is 6.42 Å². The van der Waals surface area contributed by atoms with E-state index in [9.17, 15) is 4.79 Å². The van der Waals surface area contributed by atoms with Crippen molar-refractivity contribution in [3.05, 3.63) is 40.5 Å². The number of aryl methyl sites for hydroxylation is 2. The van der Waals surface area contributed by atoms with Gasteiger partial charge in [0, 0.05) is 42.7 Å². The van der Waals surface area contributed by atoms with Gasteiger partial charge in [-0.25, -0.2) is 9.97 Å². The minimum atomic E-state index is -0.0142. The van der Waals surface area contributed by atoms with Crippen LogP contribution in [0.3, 0.4) is 0 Å². The highest BCUT2D eigenvalue weighted by Gasteiger charge is 2.25. The van der Waals surface area contributed by atoms with Gasteiger partial charge in [-0.3, -0.25) is 4.79 Å². The predicted octanol–water partition coefficient (Wildman–Crippen LogP) is 3.54. The van der Waals surface area contributed by atoms with Crippen molar-refractivity contribution in [1.82, 2.24) is 14.9 Å². The summed E-state index contributed by atoms with van der Waals surface area (Å²) in [6.07, 6.45) is 0.992. The molecule has 0 N–H and O–H groups in total. The second-order valence-corrected chi connectivity index (χ2v) is 8.38. The quantitative estimate of drug-likeness (QED) is 0.622. The van der Waals surface area contributed by atoms with Crippen molar-refractivity contribution in [1.29, 1.82) is 0 Å². The van der Waals surface area contributed by atoms with Gasteiger partial charge in [0.1, 0.15) is 28.0 Å². The molecule has 0 bridgehead atoms. The highest BCUT2D eigenvalue weighted by molar-refractivity contribution is 7.18. The third kappa shape index (κ3) is 3.92. The molecule has 3 heterocycles. The number of carbonyl (C=O) groups excluding carboxylic acids is 1. The third-order valence-corrected chi connectivity index (χ3v) is 6.52. The molecule has 0 unspecified atom stereocenters. The first kappa shape index (κ1) is 20.4. The number of hydrogen-bond donors (Lipinski definition) is 0. The highest BCUT2D eigenvalue weighted by atomic mass is 32.1. The number of piperazine rings is 1. The largest absolute Gasteiger partial charge is 0.497 e. The number of aromatic nitrogens is 2. The summed E-state index contributed by atoms with van der Waals surface area (Å²) in [4.78, 5) is 28.9. The molecule has 0 saturated carbocycles. The fraction of sp³-hybridized carbons (Fsp3) is 0.409. The highest BCUT2D eigenvalue weighted by Crippen LogP contribution is 2.32. The lowest BCUT2D eigenvalue weighted by atomic mass is 10.1. The molecule has 30 heavy (non-hydrogen) atoms. The van der Waals surface area contributed by atoms with Gasteiger partial charge >= 0.3 is 0 Å². The molecule has 0 spiro atoms. The summed E-state index contributed by atoms with van der Waals surface area (Å²) in [5, 5.41) is 1.11. The molecule has 2 aromatic heterocycles. The van der Waals surface area contributed by atoms with E-state index in [1.807, 2.05) is 11.8 Å². The molecule has 0 atom stereocenters. The smallest absolute Gasteiger partial charge is 0.254 e. The fourth-order valence-electron chi connectivity index (χ4n) is 3.71. The zero-order valence-electron chi connectivity index (χ0n) is 17.8. The maximum atomic E-state index is 13.1. The average molecular weight is 427 g/mol. The van der Waals surface area contributed by atoms with Gasteiger partial charge in [-0.1, -0.05) is 6.92 Å². The Morgan fingerprint density at radius 1 is 1.03 bits per heavy atom. The molecule has 8 heteroatoms. The van der Waals surface area contributed by atoms with Crippen LogP contribution in [0.1, 0.15) is 28.0 Å². The molecule has 3 aromatic rings. The Morgan fingerprint density at radius 2 is 1.70 bits per heavy atom. The van der Waals surface area contributed by atoms with Crippen molar-refractivity contribution in [3.8, 4) is 11.5 Å². The van der Waals surface area contributed by atoms with Crippen LogP contribution in [0, 0.1) is 6.92 Å². The van der Waals surface area contributed by atoms with Crippen molar-refractivity contribution in [2.24, 2.45) is 0 Å². The van der Waals surface area contributed by atoms with E-state index < -0.39 is 0 Å². The Balaban J connectivity index is 1.53. The number of benzene rings is 1. The van der Waals surface area contributed by atoms with Crippen molar-refractivity contribution in [3.63, 3.8) is 0 Å². The number of ether oxygens (including phenoxy) is 2. The first-order chi connectivity index (χ1) is 14.5. The number of anilines is 1. The molecule has 4 rings (SSSR count). The molecule has 0 aliphatic carbocycles. The van der Waals surface area contributed by atoms with E-state index in [4.69, 9.17) is 14.5 Å². The molecule has 1 aromatic carbocycles. The van der Waals surface area contributed by atoms with Crippen molar-refractivity contribution < 1.29 is 14.3 Å². The van der Waals surface area contributed by atoms with Crippen LogP contribution in [-0.4, -0.2) is 61.2 Å². The molecule has 1 amide bonds. The number of nitrogens with zero attached hydrogens (tertiary/aromatic N) is 4. The van der Waals surface area contributed by atoms with Crippen molar-refractivity contribution in [2.45, 2.75) is 20.3 Å². The van der Waals surface area contributed by atoms with Gasteiger partial charge in [-0.15, -0.1) is 11.3 Å². The maximum absolute atomic E-state index is 13.1. The van der Waals surface area contributed by atoms with Gasteiger partial charge < -0.3 is 19.3 Å². The molecular formula is C22H26N4O3S. The van der Waals surface area contributed by atoms with Crippen LogP contribution in [0.2, 0.25) is 0 Å². The molecule has 0 radical (unpaired) electrons. The molecule has 7 nitrogen and oxygen atoms in total. The summed E-state index contributed by atoms with van der Waals surface area (Å²) in [6, 6.07) is 7.48. The van der Waals surface area contributed by atoms with E-state index in [1.54, 1.807) is 43.8 Å². The van der Waals surface area contributed by atoms with Gasteiger partial charge in [0.05, 0.1) is 19.6 Å². The van der Waals surface area contributed by atoms with Crippen molar-refractivity contribution in [2.75, 3.05) is 45.3 Å². The predicted molar refractivity (Wildman–Crippen MR) is 119 cm³/mol. The minimum Gasteiger partial charge on any atom is -0.497 e. The maximum Gasteiger partial charge on any atom is 0.254 e. The van der Waals surface area contributed by atoms with Crippen LogP contribution in [0.15, 0.2) is 24.3 Å². The van der Waals surface area contributed by atoms with Gasteiger partial charge in [0.15, 0.2) is 0 Å². The first-order valence-electron chi connectivity index (χ1n) is 10.1. The zero-order chi connectivity index (χ0) is 21.3. The second-order valence-electron chi connectivity index (χ2n) is 7.26. The van der Waals surface area contributed by atoms with Gasteiger partial charge in [0.2, 0.25) is 0 Å². The molecule has 1 fully saturated rings. The number of amides is 1. The minimum absolute atomic E-state index is 0.0142. The summed E-state index contributed by atoms with van der Waals surface area (Å²) >= 11 is 1.73. The Morgan fingerprint density at radius 3 is 2.30 bits per heavy atom. The van der Waals surface area contributed by atoms with Crippen LogP contribution in [0.4, 0.5) is 5.82 Å². The monoisotopic (exact) mass is 426 g/mol. The molecule has 1 saturated heterocycles. The number of methoxy groups -OCH3 is 2. The lowest BCUT2D eigenvalue weighted by molar-refractivity contribution is 0.0746. The summed E-state index contributed by atoms with van der Waals surface area (Å²) in [7, 11) is 3.17. The number of fused-ring (bicyclic) bond motifs is 1. The Labute approximate surface area is 180 Å². The van der Waals surface area contributed by atoms with E-state index in [2.05, 4.69) is 22.9 Å². The number of hydrogen-bond acceptors (Lipinski definition) is 7. The zero-order valence-corrected chi connectivity index (χ0v) is 18.6. The van der Waals surface area contributed by atoms with Gasteiger partial charge in [0.25, 0.3) is 5.91 Å². The van der Waals surface area contributed by atoms with E-state index in [0.29, 0.717) is 30.2 Å². The molecular weight excluding hydrogens is 400 g/mol. The summed E-state index contributed by atoms with van der Waals surface area (Å²) < 4.78 is 10.6. The lowest BCUT2D eigenvalue weighted by Crippen LogP contribution is -2.49. The fourth-order valence-corrected chi connectivity index (χ4v) is 4.72. The first-order valence-corrected chi connectivity index (χ1v) is 10.9. The third-order valence-electron chi connectivity index (χ3n) is 5.35. The van der Waals surface area contributed by atoms with Crippen LogP contribution < -0.4 is 14.4 Å². The number of rotatable bonds is 5. The number of carbonyl (C=O) groups is 1.